The van der Waals surface area contributed by atoms with Crippen molar-refractivity contribution in [3.63, 3.8) is 0 Å². The topological polar surface area (TPSA) is 32.3 Å². The second-order valence-corrected chi connectivity index (χ2v) is 7.53. The Bertz CT molecular complexity index is 464. The molecule has 5 heteroatoms. The number of nitrogens with one attached hydrogen (secondary N) is 1. The van der Waals surface area contributed by atoms with Crippen molar-refractivity contribution in [3.8, 4) is 0 Å². The number of carbonyl (C=O) groups is 1. The summed E-state index contributed by atoms with van der Waals surface area (Å²) in [5, 5.41) is 3.02. The molecule has 1 amide bonds. The fourth-order valence-electron chi connectivity index (χ4n) is 2.63. The van der Waals surface area contributed by atoms with E-state index in [0.717, 1.165) is 29.7 Å². The first-order chi connectivity index (χ1) is 10.8. The minimum atomic E-state index is 0.149. The molecule has 0 aliphatic carbocycles. The van der Waals surface area contributed by atoms with E-state index in [9.17, 15) is 4.79 Å². The quantitative estimate of drug-likeness (QED) is 0.693. The lowest BCUT2D eigenvalue weighted by atomic mass is 10.1. The van der Waals surface area contributed by atoms with Gasteiger partial charge in [0.25, 0.3) is 0 Å². The number of likely N-dealkylation sites (tertiary alicyclic amines) is 1. The molecule has 0 radical (unpaired) electrons. The summed E-state index contributed by atoms with van der Waals surface area (Å²) in [6, 6.07) is 8.17. The lowest BCUT2D eigenvalue weighted by Gasteiger charge is -2.26. The van der Waals surface area contributed by atoms with Crippen LogP contribution in [0.1, 0.15) is 31.2 Å². The van der Waals surface area contributed by atoms with E-state index >= 15 is 0 Å². The molecule has 22 heavy (non-hydrogen) atoms. The van der Waals surface area contributed by atoms with Crippen LogP contribution in [0.15, 0.2) is 28.7 Å². The lowest BCUT2D eigenvalue weighted by molar-refractivity contribution is -0.118. The summed E-state index contributed by atoms with van der Waals surface area (Å²) in [5.41, 5.74) is 1.24. The van der Waals surface area contributed by atoms with E-state index in [1.54, 1.807) is 11.8 Å². The molecule has 1 N–H and O–H groups in total. The molecule has 1 saturated heterocycles. The van der Waals surface area contributed by atoms with Crippen LogP contribution in [0.2, 0.25) is 0 Å². The summed E-state index contributed by atoms with van der Waals surface area (Å²) in [5.74, 6) is 1.55. The van der Waals surface area contributed by atoms with E-state index in [2.05, 4.69) is 32.2 Å². The van der Waals surface area contributed by atoms with Gasteiger partial charge in [-0.1, -0.05) is 40.5 Å². The van der Waals surface area contributed by atoms with Crippen molar-refractivity contribution in [2.45, 2.75) is 31.4 Å². The highest BCUT2D eigenvalue weighted by Gasteiger charge is 2.09. The minimum Gasteiger partial charge on any atom is -0.355 e. The van der Waals surface area contributed by atoms with Crippen LogP contribution in [-0.4, -0.2) is 42.7 Å². The Morgan fingerprint density at radius 2 is 2.00 bits per heavy atom. The van der Waals surface area contributed by atoms with Crippen molar-refractivity contribution in [2.24, 2.45) is 0 Å². The van der Waals surface area contributed by atoms with E-state index in [-0.39, 0.29) is 5.91 Å². The summed E-state index contributed by atoms with van der Waals surface area (Å²) in [7, 11) is 0. The fraction of sp³-hybridized carbons (Fsp3) is 0.588. The molecule has 3 nitrogen and oxygen atoms in total. The zero-order chi connectivity index (χ0) is 15.6. The van der Waals surface area contributed by atoms with Crippen molar-refractivity contribution in [3.05, 3.63) is 34.3 Å². The van der Waals surface area contributed by atoms with Gasteiger partial charge in [0.1, 0.15) is 0 Å². The summed E-state index contributed by atoms with van der Waals surface area (Å²) in [6.45, 7) is 4.38. The van der Waals surface area contributed by atoms with Gasteiger partial charge in [-0.25, -0.2) is 0 Å². The maximum Gasteiger partial charge on any atom is 0.230 e. The highest BCUT2D eigenvalue weighted by atomic mass is 79.9. The zero-order valence-electron chi connectivity index (χ0n) is 13.0. The summed E-state index contributed by atoms with van der Waals surface area (Å²) in [4.78, 5) is 14.3. The number of halogens is 1. The van der Waals surface area contributed by atoms with E-state index in [0.29, 0.717) is 5.75 Å². The number of amides is 1. The van der Waals surface area contributed by atoms with Gasteiger partial charge in [-0.15, -0.1) is 11.8 Å². The first-order valence-electron chi connectivity index (χ1n) is 8.06. The molecule has 122 valence electrons. The third kappa shape index (κ3) is 6.71. The Morgan fingerprint density at radius 1 is 1.23 bits per heavy atom. The van der Waals surface area contributed by atoms with Crippen LogP contribution in [0, 0.1) is 0 Å². The average Bonchev–Trinajstić information content (AvgIpc) is 2.54. The number of hydrogen-bond acceptors (Lipinski definition) is 3. The second-order valence-electron chi connectivity index (χ2n) is 5.69. The van der Waals surface area contributed by atoms with Crippen LogP contribution in [0.3, 0.4) is 0 Å². The van der Waals surface area contributed by atoms with Crippen LogP contribution in [-0.2, 0) is 10.5 Å². The molecular formula is C17H25BrN2OS. The van der Waals surface area contributed by atoms with Gasteiger partial charge in [0, 0.05) is 16.8 Å². The normalized spacial score (nSPS) is 15.7. The number of nitrogens with zero attached hydrogens (tertiary/aromatic N) is 1. The summed E-state index contributed by atoms with van der Waals surface area (Å²) >= 11 is 5.20. The average molecular weight is 385 g/mol. The van der Waals surface area contributed by atoms with Crippen LogP contribution >= 0.6 is 27.7 Å². The van der Waals surface area contributed by atoms with Gasteiger partial charge in [-0.05, 0) is 50.5 Å². The zero-order valence-corrected chi connectivity index (χ0v) is 15.4. The molecule has 0 atom stereocenters. The maximum atomic E-state index is 11.8. The first kappa shape index (κ1) is 17.8. The van der Waals surface area contributed by atoms with Crippen molar-refractivity contribution >= 4 is 33.6 Å². The number of hydrogen-bond donors (Lipinski definition) is 1. The maximum absolute atomic E-state index is 11.8. The molecule has 0 bridgehead atoms. The Hall–Kier alpha value is -0.520. The molecule has 0 saturated carbocycles. The molecule has 0 spiro atoms. The largest absolute Gasteiger partial charge is 0.355 e. The molecule has 1 fully saturated rings. The van der Waals surface area contributed by atoms with Crippen molar-refractivity contribution in [1.82, 2.24) is 10.2 Å². The van der Waals surface area contributed by atoms with Crippen molar-refractivity contribution in [1.29, 1.82) is 0 Å². The number of piperidine rings is 1. The number of rotatable bonds is 8. The molecular weight excluding hydrogens is 360 g/mol. The monoisotopic (exact) mass is 384 g/mol. The molecule has 1 aliphatic rings. The number of carbonyl (C=O) groups excluding carboxylic acids is 1. The van der Waals surface area contributed by atoms with Crippen molar-refractivity contribution in [2.75, 3.05) is 31.9 Å². The van der Waals surface area contributed by atoms with Gasteiger partial charge in [-0.2, -0.15) is 0 Å². The second kappa shape index (κ2) is 10.3. The molecule has 2 rings (SSSR count). The van der Waals surface area contributed by atoms with Gasteiger partial charge < -0.3 is 10.2 Å². The van der Waals surface area contributed by atoms with E-state index in [4.69, 9.17) is 0 Å². The van der Waals surface area contributed by atoms with Gasteiger partial charge in [0.15, 0.2) is 0 Å². The predicted octanol–water partition coefficient (Wildman–Crippen LogP) is 3.67. The minimum absolute atomic E-state index is 0.149. The van der Waals surface area contributed by atoms with E-state index in [1.165, 1.54) is 37.9 Å². The van der Waals surface area contributed by atoms with Gasteiger partial charge >= 0.3 is 0 Å². The highest BCUT2D eigenvalue weighted by molar-refractivity contribution is 9.10. The van der Waals surface area contributed by atoms with Crippen LogP contribution in [0.25, 0.3) is 0 Å². The van der Waals surface area contributed by atoms with Gasteiger partial charge in [-0.3, -0.25) is 4.79 Å². The molecule has 1 heterocycles. The third-order valence-electron chi connectivity index (χ3n) is 3.87. The molecule has 1 aromatic rings. The van der Waals surface area contributed by atoms with Gasteiger partial charge in [0.2, 0.25) is 5.91 Å². The Balaban J connectivity index is 1.51. The predicted molar refractivity (Wildman–Crippen MR) is 98.2 cm³/mol. The summed E-state index contributed by atoms with van der Waals surface area (Å²) in [6.07, 6.45) is 5.10. The first-order valence-corrected chi connectivity index (χ1v) is 10.0. The fourth-order valence-corrected chi connectivity index (χ4v) is 4.11. The third-order valence-corrected chi connectivity index (χ3v) is 5.63. The van der Waals surface area contributed by atoms with Crippen LogP contribution in [0.5, 0.6) is 0 Å². The van der Waals surface area contributed by atoms with E-state index < -0.39 is 0 Å². The van der Waals surface area contributed by atoms with Gasteiger partial charge in [0.05, 0.1) is 5.75 Å². The molecule has 1 aromatic carbocycles. The molecule has 0 aromatic heterocycles. The highest BCUT2D eigenvalue weighted by Crippen LogP contribution is 2.21. The number of thioether (sulfide) groups is 1. The Morgan fingerprint density at radius 3 is 2.77 bits per heavy atom. The lowest BCUT2D eigenvalue weighted by Crippen LogP contribution is -2.33. The standard InChI is InChI=1S/C17H25BrN2OS/c18-16-8-3-2-7-15(16)13-22-14-17(21)19-9-6-12-20-10-4-1-5-11-20/h2-3,7-8H,1,4-6,9-14H2,(H,19,21). The summed E-state index contributed by atoms with van der Waals surface area (Å²) < 4.78 is 1.12. The SMILES string of the molecule is O=C(CSCc1ccccc1Br)NCCCN1CCCCC1. The number of benzene rings is 1. The van der Waals surface area contributed by atoms with Crippen LogP contribution < -0.4 is 5.32 Å². The molecule has 1 aliphatic heterocycles. The Kier molecular flexibility index (Phi) is 8.34. The smallest absolute Gasteiger partial charge is 0.230 e. The van der Waals surface area contributed by atoms with Crippen LogP contribution in [0.4, 0.5) is 0 Å². The van der Waals surface area contributed by atoms with E-state index in [1.807, 2.05) is 18.2 Å². The van der Waals surface area contributed by atoms with Crippen molar-refractivity contribution < 1.29 is 4.79 Å². The molecule has 0 unspecified atom stereocenters. The Labute approximate surface area is 146 Å².